The van der Waals surface area contributed by atoms with Gasteiger partial charge < -0.3 is 16.0 Å². The molecule has 3 N–H and O–H groups in total. The van der Waals surface area contributed by atoms with Crippen LogP contribution < -0.4 is 16.0 Å². The molecule has 10 heteroatoms. The van der Waals surface area contributed by atoms with Crippen molar-refractivity contribution in [1.82, 2.24) is 10.6 Å². The van der Waals surface area contributed by atoms with Gasteiger partial charge in [-0.15, -0.1) is 11.3 Å². The minimum absolute atomic E-state index is 0.144. The fourth-order valence-corrected chi connectivity index (χ4v) is 4.48. The Hall–Kier alpha value is -3.16. The summed E-state index contributed by atoms with van der Waals surface area (Å²) >= 11 is 6.93. The quantitative estimate of drug-likeness (QED) is 0.308. The summed E-state index contributed by atoms with van der Waals surface area (Å²) in [6.45, 7) is 0.221. The first-order valence-corrected chi connectivity index (χ1v) is 11.4. The summed E-state index contributed by atoms with van der Waals surface area (Å²) < 4.78 is 38.7. The molecule has 0 saturated carbocycles. The standard InChI is InChI=1S/C23H21F3N4OS2/c24-23(25,26)13-15-6-8-17(9-7-15)29-22(32)30-19(21(31)28-11-3-10-27)12-16-14-33-20-5-2-1-4-18(16)20/h1-2,4-9,14,19H,3,11-13H2,(H,28,31)(H2,29,30,32). The first-order chi connectivity index (χ1) is 15.7. The number of anilines is 1. The summed E-state index contributed by atoms with van der Waals surface area (Å²) in [4.78, 5) is 12.8. The molecule has 172 valence electrons. The number of amides is 1. The highest BCUT2D eigenvalue weighted by molar-refractivity contribution is 7.80. The summed E-state index contributed by atoms with van der Waals surface area (Å²) in [5.41, 5.74) is 1.64. The number of hydrogen-bond acceptors (Lipinski definition) is 4. The van der Waals surface area contributed by atoms with Crippen molar-refractivity contribution in [2.45, 2.75) is 31.5 Å². The highest BCUT2D eigenvalue weighted by Crippen LogP contribution is 2.27. The maximum Gasteiger partial charge on any atom is 0.393 e. The number of rotatable bonds is 8. The van der Waals surface area contributed by atoms with Gasteiger partial charge in [0.15, 0.2) is 5.11 Å². The molecule has 0 fully saturated rings. The fraction of sp³-hybridized carbons (Fsp3) is 0.261. The molecule has 0 aliphatic carbocycles. The SMILES string of the molecule is N#CCCNC(=O)C(Cc1csc2ccccc12)NC(=S)Nc1ccc(CC(F)(F)F)cc1. The second-order valence-electron chi connectivity index (χ2n) is 7.30. The lowest BCUT2D eigenvalue weighted by Crippen LogP contribution is -2.49. The molecule has 3 aromatic rings. The number of benzene rings is 2. The number of halogens is 3. The average Bonchev–Trinajstić information content (AvgIpc) is 3.17. The molecule has 1 amide bonds. The molecule has 33 heavy (non-hydrogen) atoms. The summed E-state index contributed by atoms with van der Waals surface area (Å²) in [7, 11) is 0. The van der Waals surface area contributed by atoms with Crippen molar-refractivity contribution in [1.29, 1.82) is 5.26 Å². The van der Waals surface area contributed by atoms with Gasteiger partial charge in [-0.3, -0.25) is 4.79 Å². The van der Waals surface area contributed by atoms with E-state index in [1.54, 1.807) is 11.3 Å². The zero-order valence-corrected chi connectivity index (χ0v) is 19.0. The molecule has 1 aromatic heterocycles. The van der Waals surface area contributed by atoms with Gasteiger partial charge in [-0.05, 0) is 52.3 Å². The van der Waals surface area contributed by atoms with Crippen LogP contribution in [0.1, 0.15) is 17.5 Å². The monoisotopic (exact) mass is 490 g/mol. The number of alkyl halides is 3. The predicted molar refractivity (Wildman–Crippen MR) is 128 cm³/mol. The van der Waals surface area contributed by atoms with Crippen molar-refractivity contribution >= 4 is 50.3 Å². The minimum atomic E-state index is -4.27. The number of nitrogens with zero attached hydrogens (tertiary/aromatic N) is 1. The van der Waals surface area contributed by atoms with E-state index in [4.69, 9.17) is 17.5 Å². The minimum Gasteiger partial charge on any atom is -0.353 e. The summed E-state index contributed by atoms with van der Waals surface area (Å²) in [6, 6.07) is 14.9. The summed E-state index contributed by atoms with van der Waals surface area (Å²) in [6.07, 6.45) is -4.72. The van der Waals surface area contributed by atoms with Crippen LogP contribution >= 0.6 is 23.6 Å². The molecule has 0 aliphatic rings. The van der Waals surface area contributed by atoms with Crippen molar-refractivity contribution in [3.8, 4) is 6.07 Å². The second-order valence-corrected chi connectivity index (χ2v) is 8.62. The zero-order chi connectivity index (χ0) is 23.8. The maximum absolute atomic E-state index is 12.8. The molecular weight excluding hydrogens is 469 g/mol. The third-order valence-corrected chi connectivity index (χ3v) is 5.99. The molecule has 2 aromatic carbocycles. The van der Waals surface area contributed by atoms with Crippen LogP contribution in [0.3, 0.4) is 0 Å². The lowest BCUT2D eigenvalue weighted by molar-refractivity contribution is -0.127. The largest absolute Gasteiger partial charge is 0.393 e. The van der Waals surface area contributed by atoms with Crippen molar-refractivity contribution < 1.29 is 18.0 Å². The third kappa shape index (κ3) is 7.44. The first-order valence-electron chi connectivity index (χ1n) is 10.1. The Morgan fingerprint density at radius 1 is 1.15 bits per heavy atom. The topological polar surface area (TPSA) is 77.0 Å². The van der Waals surface area contributed by atoms with Crippen LogP contribution in [0.15, 0.2) is 53.9 Å². The molecule has 3 rings (SSSR count). The van der Waals surface area contributed by atoms with Crippen molar-refractivity contribution in [2.24, 2.45) is 0 Å². The normalized spacial score (nSPS) is 12.1. The van der Waals surface area contributed by atoms with Gasteiger partial charge in [-0.2, -0.15) is 18.4 Å². The molecule has 1 heterocycles. The lowest BCUT2D eigenvalue weighted by Gasteiger charge is -2.20. The summed E-state index contributed by atoms with van der Waals surface area (Å²) in [5.74, 6) is -0.301. The molecule has 0 bridgehead atoms. The highest BCUT2D eigenvalue weighted by atomic mass is 32.1. The molecule has 0 aliphatic heterocycles. The van der Waals surface area contributed by atoms with Crippen LogP contribution in [0.5, 0.6) is 0 Å². The number of carbonyl (C=O) groups is 1. The van der Waals surface area contributed by atoms with E-state index in [2.05, 4.69) is 16.0 Å². The molecular formula is C23H21F3N4OS2. The van der Waals surface area contributed by atoms with Gasteiger partial charge in [0.2, 0.25) is 5.91 Å². The number of fused-ring (bicyclic) bond motifs is 1. The van der Waals surface area contributed by atoms with E-state index in [9.17, 15) is 18.0 Å². The van der Waals surface area contributed by atoms with Gasteiger partial charge in [0.1, 0.15) is 6.04 Å². The van der Waals surface area contributed by atoms with Gasteiger partial charge in [0, 0.05) is 23.4 Å². The van der Waals surface area contributed by atoms with E-state index < -0.39 is 18.6 Å². The number of carbonyl (C=O) groups excluding carboxylic acids is 1. The second kappa shape index (κ2) is 11.1. The first kappa shape index (κ1) is 24.5. The highest BCUT2D eigenvalue weighted by Gasteiger charge is 2.27. The van der Waals surface area contributed by atoms with E-state index in [0.29, 0.717) is 12.1 Å². The van der Waals surface area contributed by atoms with E-state index in [-0.39, 0.29) is 29.5 Å². The van der Waals surface area contributed by atoms with Crippen LogP contribution in [0.4, 0.5) is 18.9 Å². The van der Waals surface area contributed by atoms with Crippen LogP contribution in [0.2, 0.25) is 0 Å². The van der Waals surface area contributed by atoms with E-state index in [0.717, 1.165) is 15.6 Å². The third-order valence-electron chi connectivity index (χ3n) is 4.76. The van der Waals surface area contributed by atoms with Crippen molar-refractivity contribution in [3.05, 3.63) is 65.0 Å². The van der Waals surface area contributed by atoms with Crippen LogP contribution in [0.25, 0.3) is 10.1 Å². The van der Waals surface area contributed by atoms with Crippen LogP contribution in [-0.2, 0) is 17.6 Å². The average molecular weight is 491 g/mol. The van der Waals surface area contributed by atoms with Crippen molar-refractivity contribution in [3.63, 3.8) is 0 Å². The zero-order valence-electron chi connectivity index (χ0n) is 17.4. The molecule has 1 atom stereocenters. The van der Waals surface area contributed by atoms with Crippen LogP contribution in [0, 0.1) is 11.3 Å². The van der Waals surface area contributed by atoms with Gasteiger partial charge in [-0.25, -0.2) is 0 Å². The Morgan fingerprint density at radius 3 is 2.58 bits per heavy atom. The van der Waals surface area contributed by atoms with Gasteiger partial charge in [-0.1, -0.05) is 30.3 Å². The Kier molecular flexibility index (Phi) is 8.25. The number of hydrogen-bond donors (Lipinski definition) is 3. The Bertz CT molecular complexity index is 1150. The van der Waals surface area contributed by atoms with E-state index in [1.807, 2.05) is 35.7 Å². The summed E-state index contributed by atoms with van der Waals surface area (Å²) in [5, 5.41) is 20.6. The lowest BCUT2D eigenvalue weighted by atomic mass is 10.0. The predicted octanol–water partition coefficient (Wildman–Crippen LogP) is 4.93. The Morgan fingerprint density at radius 2 is 1.88 bits per heavy atom. The molecule has 5 nitrogen and oxygen atoms in total. The van der Waals surface area contributed by atoms with Crippen molar-refractivity contribution in [2.75, 3.05) is 11.9 Å². The number of thiophene rings is 1. The van der Waals surface area contributed by atoms with E-state index >= 15 is 0 Å². The van der Waals surface area contributed by atoms with Gasteiger partial charge in [0.25, 0.3) is 0 Å². The smallest absolute Gasteiger partial charge is 0.353 e. The van der Waals surface area contributed by atoms with Crippen LogP contribution in [-0.4, -0.2) is 29.8 Å². The molecule has 0 radical (unpaired) electrons. The maximum atomic E-state index is 12.8. The van der Waals surface area contributed by atoms with Gasteiger partial charge >= 0.3 is 6.18 Å². The Balaban J connectivity index is 1.69. The van der Waals surface area contributed by atoms with Gasteiger partial charge in [0.05, 0.1) is 18.9 Å². The molecule has 0 saturated heterocycles. The van der Waals surface area contributed by atoms with E-state index in [1.165, 1.54) is 24.3 Å². The fourth-order valence-electron chi connectivity index (χ4n) is 3.25. The molecule has 1 unspecified atom stereocenters. The molecule has 0 spiro atoms. The number of thiocarbonyl (C=S) groups is 1. The number of nitrogens with one attached hydrogen (secondary N) is 3. The number of nitriles is 1. The Labute approximate surface area is 198 Å².